The minimum Gasteiger partial charge on any atom is -0.423 e. The van der Waals surface area contributed by atoms with Crippen molar-refractivity contribution in [3.63, 3.8) is 0 Å². The largest absolute Gasteiger partial charge is 0.423 e. The van der Waals surface area contributed by atoms with Crippen LogP contribution in [0.5, 0.6) is 0 Å². The normalized spacial score (nSPS) is 10.9. The first-order chi connectivity index (χ1) is 9.24. The first kappa shape index (κ1) is 13.6. The predicted octanol–water partition coefficient (Wildman–Crippen LogP) is 3.89. The number of hydrogen-bond donors (Lipinski definition) is 1. The number of aryl methyl sites for hydroxylation is 1. The van der Waals surface area contributed by atoms with Crippen molar-refractivity contribution in [2.24, 2.45) is 5.92 Å². The molecule has 0 unspecified atom stereocenters. The van der Waals surface area contributed by atoms with Crippen molar-refractivity contribution >= 4 is 5.69 Å². The fourth-order valence-corrected chi connectivity index (χ4v) is 2.13. The van der Waals surface area contributed by atoms with E-state index in [0.717, 1.165) is 18.0 Å². The van der Waals surface area contributed by atoms with Gasteiger partial charge in [-0.2, -0.15) is 0 Å². The fraction of sp³-hybridized carbons (Fsp3) is 0.467. The average Bonchev–Trinajstić information content (AvgIpc) is 2.95. The van der Waals surface area contributed by atoms with Crippen LogP contribution in [-0.4, -0.2) is 16.7 Å². The minimum atomic E-state index is 0.564. The zero-order valence-corrected chi connectivity index (χ0v) is 11.8. The highest BCUT2D eigenvalue weighted by Crippen LogP contribution is 2.23. The van der Waals surface area contributed by atoms with Crippen molar-refractivity contribution in [2.45, 2.75) is 33.6 Å². The highest BCUT2D eigenvalue weighted by molar-refractivity contribution is 5.62. The summed E-state index contributed by atoms with van der Waals surface area (Å²) in [4.78, 5) is 0. The molecule has 19 heavy (non-hydrogen) atoms. The summed E-state index contributed by atoms with van der Waals surface area (Å²) in [5.41, 5.74) is 3.33. The van der Waals surface area contributed by atoms with E-state index in [2.05, 4.69) is 48.4 Å². The fourth-order valence-electron chi connectivity index (χ4n) is 2.13. The van der Waals surface area contributed by atoms with Crippen LogP contribution < -0.4 is 5.32 Å². The van der Waals surface area contributed by atoms with Crippen LogP contribution in [0.3, 0.4) is 0 Å². The number of anilines is 1. The first-order valence-electron chi connectivity index (χ1n) is 6.85. The molecule has 1 aromatic carbocycles. The van der Waals surface area contributed by atoms with Crippen LogP contribution in [-0.2, 0) is 0 Å². The van der Waals surface area contributed by atoms with Gasteiger partial charge in [0.25, 0.3) is 0 Å². The number of aromatic nitrogens is 2. The second kappa shape index (κ2) is 6.36. The molecule has 2 aromatic rings. The summed E-state index contributed by atoms with van der Waals surface area (Å²) in [7, 11) is 0. The molecule has 0 aliphatic carbocycles. The Morgan fingerprint density at radius 1 is 1.26 bits per heavy atom. The molecule has 0 saturated carbocycles. The van der Waals surface area contributed by atoms with E-state index in [4.69, 9.17) is 4.42 Å². The molecule has 0 atom stereocenters. The number of benzene rings is 1. The van der Waals surface area contributed by atoms with Crippen molar-refractivity contribution in [3.05, 3.63) is 30.2 Å². The standard InChI is InChI=1S/C15H21N3O/c1-4-12(5-2)9-16-14-7-6-13(8-11(14)3)15-18-17-10-19-15/h6-8,10,12,16H,4-5,9H2,1-3H3. The van der Waals surface area contributed by atoms with Crippen LogP contribution in [0.4, 0.5) is 5.69 Å². The second-order valence-electron chi connectivity index (χ2n) is 4.84. The molecule has 0 aliphatic rings. The molecule has 4 heteroatoms. The highest BCUT2D eigenvalue weighted by atomic mass is 16.4. The smallest absolute Gasteiger partial charge is 0.247 e. The van der Waals surface area contributed by atoms with Gasteiger partial charge < -0.3 is 9.73 Å². The third kappa shape index (κ3) is 3.34. The van der Waals surface area contributed by atoms with Gasteiger partial charge in [0.2, 0.25) is 12.3 Å². The molecule has 0 amide bonds. The molecule has 4 nitrogen and oxygen atoms in total. The molecular formula is C15H21N3O. The maximum absolute atomic E-state index is 5.20. The number of nitrogens with zero attached hydrogens (tertiary/aromatic N) is 2. The minimum absolute atomic E-state index is 0.564. The zero-order chi connectivity index (χ0) is 13.7. The summed E-state index contributed by atoms with van der Waals surface area (Å²) in [5, 5.41) is 11.1. The Balaban J connectivity index is 2.07. The monoisotopic (exact) mass is 259 g/mol. The van der Waals surface area contributed by atoms with Gasteiger partial charge in [-0.1, -0.05) is 26.7 Å². The van der Waals surface area contributed by atoms with Crippen LogP contribution in [0.1, 0.15) is 32.3 Å². The van der Waals surface area contributed by atoms with Crippen molar-refractivity contribution < 1.29 is 4.42 Å². The van der Waals surface area contributed by atoms with Gasteiger partial charge in [-0.05, 0) is 36.6 Å². The van der Waals surface area contributed by atoms with Gasteiger partial charge in [-0.15, -0.1) is 10.2 Å². The van der Waals surface area contributed by atoms with Crippen molar-refractivity contribution in [1.82, 2.24) is 10.2 Å². The molecule has 1 N–H and O–H groups in total. The summed E-state index contributed by atoms with van der Waals surface area (Å²) >= 11 is 0. The van der Waals surface area contributed by atoms with Gasteiger partial charge in [-0.25, -0.2) is 0 Å². The van der Waals surface area contributed by atoms with E-state index < -0.39 is 0 Å². The molecule has 0 spiro atoms. The van der Waals surface area contributed by atoms with Crippen LogP contribution in [0.2, 0.25) is 0 Å². The maximum Gasteiger partial charge on any atom is 0.247 e. The number of hydrogen-bond acceptors (Lipinski definition) is 4. The Bertz CT molecular complexity index is 504. The van der Waals surface area contributed by atoms with Gasteiger partial charge in [0.1, 0.15) is 0 Å². The quantitative estimate of drug-likeness (QED) is 0.855. The molecular weight excluding hydrogens is 238 g/mol. The Morgan fingerprint density at radius 2 is 2.05 bits per heavy atom. The van der Waals surface area contributed by atoms with E-state index in [9.17, 15) is 0 Å². The van der Waals surface area contributed by atoms with Gasteiger partial charge >= 0.3 is 0 Å². The SMILES string of the molecule is CCC(CC)CNc1ccc(-c2nnco2)cc1C. The van der Waals surface area contributed by atoms with E-state index >= 15 is 0 Å². The third-order valence-electron chi connectivity index (χ3n) is 3.57. The van der Waals surface area contributed by atoms with Crippen LogP contribution in [0.25, 0.3) is 11.5 Å². The van der Waals surface area contributed by atoms with E-state index in [1.165, 1.54) is 30.5 Å². The predicted molar refractivity (Wildman–Crippen MR) is 77.0 cm³/mol. The summed E-state index contributed by atoms with van der Waals surface area (Å²) in [6, 6.07) is 6.16. The lowest BCUT2D eigenvalue weighted by Crippen LogP contribution is -2.13. The molecule has 0 fully saturated rings. The molecule has 0 saturated heterocycles. The number of nitrogens with one attached hydrogen (secondary N) is 1. The lowest BCUT2D eigenvalue weighted by Gasteiger charge is -2.16. The van der Waals surface area contributed by atoms with E-state index in [1.54, 1.807) is 0 Å². The average molecular weight is 259 g/mol. The van der Waals surface area contributed by atoms with E-state index in [-0.39, 0.29) is 0 Å². The first-order valence-corrected chi connectivity index (χ1v) is 6.85. The summed E-state index contributed by atoms with van der Waals surface area (Å²) in [6.45, 7) is 7.59. The Hall–Kier alpha value is -1.84. The topological polar surface area (TPSA) is 51.0 Å². The zero-order valence-electron chi connectivity index (χ0n) is 11.8. The van der Waals surface area contributed by atoms with Crippen molar-refractivity contribution in [3.8, 4) is 11.5 Å². The lowest BCUT2D eigenvalue weighted by atomic mass is 10.0. The summed E-state index contributed by atoms with van der Waals surface area (Å²) in [5.74, 6) is 1.30. The molecule has 0 radical (unpaired) electrons. The van der Waals surface area contributed by atoms with Crippen LogP contribution in [0.15, 0.2) is 29.0 Å². The summed E-state index contributed by atoms with van der Waals surface area (Å²) in [6.07, 6.45) is 3.77. The van der Waals surface area contributed by atoms with Gasteiger partial charge in [0, 0.05) is 17.8 Å². The maximum atomic E-state index is 5.20. The van der Waals surface area contributed by atoms with Gasteiger partial charge in [-0.3, -0.25) is 0 Å². The lowest BCUT2D eigenvalue weighted by molar-refractivity contribution is 0.519. The van der Waals surface area contributed by atoms with E-state index in [0.29, 0.717) is 5.89 Å². The molecule has 1 heterocycles. The molecule has 0 bridgehead atoms. The molecule has 1 aromatic heterocycles. The number of rotatable bonds is 6. The molecule has 0 aliphatic heterocycles. The van der Waals surface area contributed by atoms with Crippen molar-refractivity contribution in [1.29, 1.82) is 0 Å². The molecule has 2 rings (SSSR count). The summed E-state index contributed by atoms with van der Waals surface area (Å²) < 4.78 is 5.20. The Labute approximate surface area is 114 Å². The highest BCUT2D eigenvalue weighted by Gasteiger charge is 2.07. The van der Waals surface area contributed by atoms with Crippen molar-refractivity contribution in [2.75, 3.05) is 11.9 Å². The second-order valence-corrected chi connectivity index (χ2v) is 4.84. The molecule has 102 valence electrons. The van der Waals surface area contributed by atoms with Crippen LogP contribution in [0, 0.1) is 12.8 Å². The van der Waals surface area contributed by atoms with Gasteiger partial charge in [0.15, 0.2) is 0 Å². The van der Waals surface area contributed by atoms with Crippen LogP contribution >= 0.6 is 0 Å². The van der Waals surface area contributed by atoms with E-state index in [1.807, 2.05) is 6.07 Å². The van der Waals surface area contributed by atoms with Gasteiger partial charge in [0.05, 0.1) is 0 Å². The Kier molecular flexibility index (Phi) is 4.55. The Morgan fingerprint density at radius 3 is 2.63 bits per heavy atom. The third-order valence-corrected chi connectivity index (χ3v) is 3.57.